The lowest BCUT2D eigenvalue weighted by Crippen LogP contribution is -2.31. The predicted molar refractivity (Wildman–Crippen MR) is 129 cm³/mol. The maximum absolute atomic E-state index is 13.4. The van der Waals surface area contributed by atoms with Crippen molar-refractivity contribution in [1.82, 2.24) is 9.88 Å². The number of unbranched alkanes of at least 4 members (excludes halogenated alkanes) is 1. The Morgan fingerprint density at radius 2 is 1.85 bits per heavy atom. The van der Waals surface area contributed by atoms with Gasteiger partial charge >= 0.3 is 6.09 Å². The molecule has 7 nitrogen and oxygen atoms in total. The molecule has 0 spiro atoms. The Balaban J connectivity index is 2.10. The minimum Gasteiger partial charge on any atom is -0.491 e. The molecule has 0 bridgehead atoms. The zero-order valence-corrected chi connectivity index (χ0v) is 19.5. The normalized spacial score (nSPS) is 11.0. The number of carbonyl (C=O) groups is 1. The van der Waals surface area contributed by atoms with Gasteiger partial charge in [-0.25, -0.2) is 4.79 Å². The van der Waals surface area contributed by atoms with Gasteiger partial charge in [-0.1, -0.05) is 57.5 Å². The fraction of sp³-hybridized carbons (Fsp3) is 0.385. The molecule has 176 valence electrons. The summed E-state index contributed by atoms with van der Waals surface area (Å²) in [5.74, 6) is 1.34. The van der Waals surface area contributed by atoms with E-state index in [1.165, 1.54) is 0 Å². The Kier molecular flexibility index (Phi) is 8.35. The van der Waals surface area contributed by atoms with E-state index in [-0.39, 0.29) is 18.0 Å². The van der Waals surface area contributed by atoms with Crippen molar-refractivity contribution in [3.05, 3.63) is 70.1 Å². The first-order valence-corrected chi connectivity index (χ1v) is 11.4. The molecule has 0 aliphatic carbocycles. The summed E-state index contributed by atoms with van der Waals surface area (Å²) in [4.78, 5) is 24.6. The second-order valence-electron chi connectivity index (χ2n) is 8.43. The summed E-state index contributed by atoms with van der Waals surface area (Å²) in [6.45, 7) is 7.42. The number of hydrogen-bond acceptors (Lipinski definition) is 4. The molecular formula is C26H32N2O5. The number of ether oxygens (including phenoxy) is 2. The van der Waals surface area contributed by atoms with Crippen LogP contribution in [0, 0.1) is 5.92 Å². The number of hydrogen-bond donors (Lipinski definition) is 2. The van der Waals surface area contributed by atoms with Gasteiger partial charge in [-0.2, -0.15) is 0 Å². The summed E-state index contributed by atoms with van der Waals surface area (Å²) in [6, 6.07) is 15.2. The molecular weight excluding hydrogens is 420 g/mol. The second-order valence-corrected chi connectivity index (χ2v) is 8.43. The molecule has 0 saturated carbocycles. The van der Waals surface area contributed by atoms with E-state index in [4.69, 9.17) is 9.47 Å². The minimum atomic E-state index is -1.15. The van der Waals surface area contributed by atoms with Crippen molar-refractivity contribution in [3.63, 3.8) is 0 Å². The third-order valence-electron chi connectivity index (χ3n) is 5.25. The van der Waals surface area contributed by atoms with Crippen molar-refractivity contribution in [3.8, 4) is 11.5 Å². The molecule has 0 radical (unpaired) electrons. The zero-order valence-electron chi connectivity index (χ0n) is 19.5. The zero-order chi connectivity index (χ0) is 23.8. The SMILES string of the molecule is CCCCOc1c(CNC(=O)O)n(CC(C)C)c(=O)c2ccc(OCc3ccccc3)cc12. The number of benzene rings is 2. The third-order valence-corrected chi connectivity index (χ3v) is 5.25. The number of pyridine rings is 1. The van der Waals surface area contributed by atoms with Crippen LogP contribution in [0.15, 0.2) is 53.3 Å². The van der Waals surface area contributed by atoms with Crippen LogP contribution >= 0.6 is 0 Å². The van der Waals surface area contributed by atoms with E-state index in [1.54, 1.807) is 16.7 Å². The first kappa shape index (κ1) is 24.2. The number of fused-ring (bicyclic) bond motifs is 1. The summed E-state index contributed by atoms with van der Waals surface area (Å²) in [7, 11) is 0. The molecule has 0 saturated heterocycles. The molecule has 0 atom stereocenters. The molecule has 3 aromatic rings. The van der Waals surface area contributed by atoms with E-state index in [9.17, 15) is 14.7 Å². The lowest BCUT2D eigenvalue weighted by atomic mass is 10.1. The Morgan fingerprint density at radius 1 is 1.09 bits per heavy atom. The highest BCUT2D eigenvalue weighted by atomic mass is 16.5. The van der Waals surface area contributed by atoms with E-state index in [0.29, 0.717) is 47.7 Å². The lowest BCUT2D eigenvalue weighted by molar-refractivity contribution is 0.193. The molecule has 1 heterocycles. The molecule has 0 aliphatic rings. The van der Waals surface area contributed by atoms with Crippen molar-refractivity contribution >= 4 is 16.9 Å². The number of amides is 1. The Labute approximate surface area is 194 Å². The monoisotopic (exact) mass is 452 g/mol. The van der Waals surface area contributed by atoms with E-state index in [2.05, 4.69) is 12.2 Å². The molecule has 2 N–H and O–H groups in total. The predicted octanol–water partition coefficient (Wildman–Crippen LogP) is 5.18. The van der Waals surface area contributed by atoms with Crippen LogP contribution in [0.3, 0.4) is 0 Å². The molecule has 7 heteroatoms. The Hall–Kier alpha value is -3.48. The van der Waals surface area contributed by atoms with Gasteiger partial charge in [0, 0.05) is 11.9 Å². The Bertz CT molecular complexity index is 1140. The van der Waals surface area contributed by atoms with Crippen LogP contribution in [-0.4, -0.2) is 22.4 Å². The van der Waals surface area contributed by atoms with Gasteiger partial charge in [-0.3, -0.25) is 4.79 Å². The molecule has 1 aromatic heterocycles. The van der Waals surface area contributed by atoms with Crippen molar-refractivity contribution < 1.29 is 19.4 Å². The fourth-order valence-electron chi connectivity index (χ4n) is 3.65. The third kappa shape index (κ3) is 6.28. The smallest absolute Gasteiger partial charge is 0.404 e. The van der Waals surface area contributed by atoms with Gasteiger partial charge in [0.2, 0.25) is 0 Å². The van der Waals surface area contributed by atoms with Crippen molar-refractivity contribution in [2.24, 2.45) is 5.92 Å². The van der Waals surface area contributed by atoms with Crippen LogP contribution in [0.25, 0.3) is 10.8 Å². The van der Waals surface area contributed by atoms with Crippen LogP contribution in [0.2, 0.25) is 0 Å². The molecule has 2 aromatic carbocycles. The van der Waals surface area contributed by atoms with Crippen LogP contribution in [0.5, 0.6) is 11.5 Å². The van der Waals surface area contributed by atoms with E-state index in [1.807, 2.05) is 50.2 Å². The number of nitrogens with zero attached hydrogens (tertiary/aromatic N) is 1. The van der Waals surface area contributed by atoms with Crippen LogP contribution in [-0.2, 0) is 19.7 Å². The van der Waals surface area contributed by atoms with Crippen LogP contribution < -0.4 is 20.3 Å². The van der Waals surface area contributed by atoms with Gasteiger partial charge in [-0.15, -0.1) is 0 Å². The average molecular weight is 453 g/mol. The summed E-state index contributed by atoms with van der Waals surface area (Å²) < 4.78 is 13.8. The number of rotatable bonds is 11. The number of nitrogens with one attached hydrogen (secondary N) is 1. The second kappa shape index (κ2) is 11.4. The van der Waals surface area contributed by atoms with E-state index >= 15 is 0 Å². The highest BCUT2D eigenvalue weighted by Gasteiger charge is 2.20. The standard InChI is InChI=1S/C26H32N2O5/c1-4-5-13-32-24-22-14-20(33-17-19-9-7-6-8-10-19)11-12-21(22)25(29)28(16-18(2)3)23(24)15-27-26(30)31/h6-12,14,18,27H,4-5,13,15-17H2,1-3H3,(H,30,31). The Morgan fingerprint density at radius 3 is 2.52 bits per heavy atom. The molecule has 0 unspecified atom stereocenters. The highest BCUT2D eigenvalue weighted by Crippen LogP contribution is 2.32. The van der Waals surface area contributed by atoms with Crippen LogP contribution in [0.4, 0.5) is 4.79 Å². The van der Waals surface area contributed by atoms with Gasteiger partial charge in [0.1, 0.15) is 18.1 Å². The maximum Gasteiger partial charge on any atom is 0.404 e. The van der Waals surface area contributed by atoms with Gasteiger partial charge < -0.3 is 24.5 Å². The lowest BCUT2D eigenvalue weighted by Gasteiger charge is -2.21. The molecule has 3 rings (SSSR count). The first-order chi connectivity index (χ1) is 15.9. The highest BCUT2D eigenvalue weighted by molar-refractivity contribution is 5.89. The largest absolute Gasteiger partial charge is 0.491 e. The number of carboxylic acid groups (broad SMARTS) is 1. The summed E-state index contributed by atoms with van der Waals surface area (Å²) in [6.07, 6.45) is 0.650. The summed E-state index contributed by atoms with van der Waals surface area (Å²) in [5, 5.41) is 12.8. The minimum absolute atomic E-state index is 0.0240. The number of aromatic nitrogens is 1. The molecule has 0 aliphatic heterocycles. The van der Waals surface area contributed by atoms with Crippen molar-refractivity contribution in [2.75, 3.05) is 6.61 Å². The molecule has 1 amide bonds. The average Bonchev–Trinajstić information content (AvgIpc) is 2.80. The fourth-order valence-corrected chi connectivity index (χ4v) is 3.65. The van der Waals surface area contributed by atoms with Gasteiger partial charge in [0.05, 0.1) is 24.2 Å². The topological polar surface area (TPSA) is 89.8 Å². The summed E-state index contributed by atoms with van der Waals surface area (Å²) >= 11 is 0. The van der Waals surface area contributed by atoms with E-state index in [0.717, 1.165) is 18.4 Å². The van der Waals surface area contributed by atoms with E-state index < -0.39 is 6.09 Å². The van der Waals surface area contributed by atoms with Gasteiger partial charge in [-0.05, 0) is 36.1 Å². The summed E-state index contributed by atoms with van der Waals surface area (Å²) in [5.41, 5.74) is 1.40. The van der Waals surface area contributed by atoms with Gasteiger partial charge in [0.25, 0.3) is 5.56 Å². The maximum atomic E-state index is 13.4. The quantitative estimate of drug-likeness (QED) is 0.391. The van der Waals surface area contributed by atoms with Crippen molar-refractivity contribution in [2.45, 2.75) is 53.3 Å². The van der Waals surface area contributed by atoms with Crippen LogP contribution in [0.1, 0.15) is 44.9 Å². The molecule has 0 fully saturated rings. The first-order valence-electron chi connectivity index (χ1n) is 11.4. The van der Waals surface area contributed by atoms with Crippen molar-refractivity contribution in [1.29, 1.82) is 0 Å². The van der Waals surface area contributed by atoms with Gasteiger partial charge in [0.15, 0.2) is 0 Å². The molecule has 33 heavy (non-hydrogen) atoms.